The van der Waals surface area contributed by atoms with Gasteiger partial charge in [0.05, 0.1) is 0 Å². The van der Waals surface area contributed by atoms with Gasteiger partial charge in [-0.2, -0.15) is 0 Å². The predicted octanol–water partition coefficient (Wildman–Crippen LogP) is 2.14. The lowest BCUT2D eigenvalue weighted by Crippen LogP contribution is -2.10. The van der Waals surface area contributed by atoms with Crippen LogP contribution in [0.5, 0.6) is 11.5 Å². The van der Waals surface area contributed by atoms with Crippen molar-refractivity contribution in [3.8, 4) is 11.5 Å². The van der Waals surface area contributed by atoms with Gasteiger partial charge >= 0.3 is 10.0 Å². The van der Waals surface area contributed by atoms with Crippen molar-refractivity contribution in [3.63, 3.8) is 0 Å². The summed E-state index contributed by atoms with van der Waals surface area (Å²) in [7, 11) is -0.985. The maximum Gasteiger partial charge on any atom is 0.427 e. The molecule has 2 aromatic rings. The van der Waals surface area contributed by atoms with E-state index in [1.54, 1.807) is 0 Å². The smallest absolute Gasteiger partial charge is 0.427 e. The van der Waals surface area contributed by atoms with Crippen molar-refractivity contribution in [2.45, 2.75) is 0 Å². The van der Waals surface area contributed by atoms with Crippen LogP contribution in [0, 0.1) is 0 Å². The van der Waals surface area contributed by atoms with E-state index >= 15 is 0 Å². The summed E-state index contributed by atoms with van der Waals surface area (Å²) in [6.45, 7) is 0. The molecule has 0 heterocycles. The van der Waals surface area contributed by atoms with E-state index < -0.39 is 10.0 Å². The first-order valence-electron chi connectivity index (χ1n) is 4.81. The van der Waals surface area contributed by atoms with Crippen molar-refractivity contribution in [1.29, 1.82) is 0 Å². The minimum absolute atomic E-state index is 0.875. The first kappa shape index (κ1) is 9.80. The van der Waals surface area contributed by atoms with Gasteiger partial charge < -0.3 is 8.85 Å². The molecule has 0 N–H and O–H groups in total. The van der Waals surface area contributed by atoms with Gasteiger partial charge in [-0.15, -0.1) is 0 Å². The second kappa shape index (κ2) is 5.22. The van der Waals surface area contributed by atoms with Crippen molar-refractivity contribution in [1.82, 2.24) is 0 Å². The zero-order chi connectivity index (χ0) is 10.3. The minimum Gasteiger partial charge on any atom is -0.516 e. The number of benzene rings is 2. The Hall–Kier alpha value is -1.74. The molecule has 0 unspecified atom stereocenters. The topological polar surface area (TPSA) is 18.5 Å². The van der Waals surface area contributed by atoms with Crippen molar-refractivity contribution >= 4 is 10.0 Å². The molecule has 0 radical (unpaired) electrons. The monoisotopic (exact) mass is 216 g/mol. The van der Waals surface area contributed by atoms with E-state index in [1.165, 1.54) is 0 Å². The molecule has 15 heavy (non-hydrogen) atoms. The van der Waals surface area contributed by atoms with Gasteiger partial charge in [0.1, 0.15) is 11.5 Å². The highest BCUT2D eigenvalue weighted by atomic mass is 28.3. The molecule has 2 nitrogen and oxygen atoms in total. The van der Waals surface area contributed by atoms with Crippen LogP contribution in [-0.2, 0) is 0 Å². The molecule has 0 bridgehead atoms. The molecule has 0 aliphatic carbocycles. The molecular weight excluding hydrogens is 204 g/mol. The fourth-order valence-electron chi connectivity index (χ4n) is 1.20. The Balaban J connectivity index is 1.81. The molecule has 3 heteroatoms. The highest BCUT2D eigenvalue weighted by Gasteiger charge is 1.94. The first-order valence-corrected chi connectivity index (χ1v) is 5.96. The van der Waals surface area contributed by atoms with E-state index in [4.69, 9.17) is 8.85 Å². The zero-order valence-corrected chi connectivity index (χ0v) is 9.71. The first-order chi connectivity index (χ1) is 7.45. The van der Waals surface area contributed by atoms with Gasteiger partial charge in [-0.05, 0) is 24.3 Å². The Morgan fingerprint density at radius 2 is 1.00 bits per heavy atom. The Labute approximate surface area is 91.5 Å². The van der Waals surface area contributed by atoms with Gasteiger partial charge in [0.25, 0.3) is 0 Å². The van der Waals surface area contributed by atoms with Crippen LogP contribution in [0.4, 0.5) is 0 Å². The van der Waals surface area contributed by atoms with Gasteiger partial charge in [-0.1, -0.05) is 36.4 Å². The molecule has 0 aliphatic rings. The Bertz CT molecular complexity index is 349. The average molecular weight is 216 g/mol. The molecule has 0 saturated heterocycles. The summed E-state index contributed by atoms with van der Waals surface area (Å²) in [4.78, 5) is 0. The van der Waals surface area contributed by atoms with Crippen LogP contribution in [-0.4, -0.2) is 10.0 Å². The maximum atomic E-state index is 5.53. The summed E-state index contributed by atoms with van der Waals surface area (Å²) in [5.41, 5.74) is 0. The molecule has 0 aromatic heterocycles. The van der Waals surface area contributed by atoms with Gasteiger partial charge in [-0.3, -0.25) is 0 Å². The van der Waals surface area contributed by atoms with E-state index in [9.17, 15) is 0 Å². The van der Waals surface area contributed by atoms with Crippen LogP contribution in [0.1, 0.15) is 0 Å². The average Bonchev–Trinajstić information content (AvgIpc) is 2.32. The second-order valence-electron chi connectivity index (χ2n) is 3.03. The maximum absolute atomic E-state index is 5.53. The number of hydrogen-bond acceptors (Lipinski definition) is 2. The largest absolute Gasteiger partial charge is 0.516 e. The quantitative estimate of drug-likeness (QED) is 0.729. The normalized spacial score (nSPS) is 9.60. The summed E-state index contributed by atoms with van der Waals surface area (Å²) in [6.07, 6.45) is 0. The molecule has 0 atom stereocenters. The van der Waals surface area contributed by atoms with Gasteiger partial charge in [0.15, 0.2) is 0 Å². The van der Waals surface area contributed by atoms with Crippen LogP contribution in [0.2, 0.25) is 0 Å². The van der Waals surface area contributed by atoms with E-state index in [0.29, 0.717) is 0 Å². The number of rotatable bonds is 4. The molecule has 0 spiro atoms. The fourth-order valence-corrected chi connectivity index (χ4v) is 1.91. The second-order valence-corrected chi connectivity index (χ2v) is 3.85. The summed E-state index contributed by atoms with van der Waals surface area (Å²) in [6, 6.07) is 19.5. The summed E-state index contributed by atoms with van der Waals surface area (Å²) >= 11 is 0. The predicted molar refractivity (Wildman–Crippen MR) is 62.7 cm³/mol. The molecule has 2 aromatic carbocycles. The number of hydrogen-bond donors (Lipinski definition) is 0. The molecule has 0 aliphatic heterocycles. The van der Waals surface area contributed by atoms with E-state index in [2.05, 4.69) is 0 Å². The van der Waals surface area contributed by atoms with Crippen molar-refractivity contribution in [2.24, 2.45) is 0 Å². The molecule has 0 amide bonds. The molecule has 0 saturated carbocycles. The minimum atomic E-state index is -0.985. The summed E-state index contributed by atoms with van der Waals surface area (Å²) in [5.74, 6) is 1.75. The van der Waals surface area contributed by atoms with E-state index in [-0.39, 0.29) is 0 Å². The van der Waals surface area contributed by atoms with Crippen molar-refractivity contribution < 1.29 is 8.85 Å². The van der Waals surface area contributed by atoms with E-state index in [0.717, 1.165) is 11.5 Å². The van der Waals surface area contributed by atoms with Crippen LogP contribution in [0.25, 0.3) is 0 Å². The van der Waals surface area contributed by atoms with Crippen LogP contribution in [0.15, 0.2) is 60.7 Å². The van der Waals surface area contributed by atoms with Crippen molar-refractivity contribution in [2.75, 3.05) is 0 Å². The third-order valence-electron chi connectivity index (χ3n) is 1.94. The van der Waals surface area contributed by atoms with E-state index in [1.807, 2.05) is 60.7 Å². The Kier molecular flexibility index (Phi) is 3.41. The standard InChI is InChI=1S/C12H12O2Si/c1-3-7-11(8-4-1)13-15-14-12-9-5-2-6-10-12/h1-10H,15H2. The molecule has 2 rings (SSSR count). The lowest BCUT2D eigenvalue weighted by molar-refractivity contribution is 0.459. The van der Waals surface area contributed by atoms with Crippen LogP contribution >= 0.6 is 0 Å². The third-order valence-corrected chi connectivity index (χ3v) is 2.84. The molecular formula is C12H12O2Si. The number of para-hydroxylation sites is 2. The summed E-state index contributed by atoms with van der Waals surface area (Å²) in [5, 5.41) is 0. The lowest BCUT2D eigenvalue weighted by Gasteiger charge is -2.07. The SMILES string of the molecule is c1ccc(O[SiH2]Oc2ccccc2)cc1. The van der Waals surface area contributed by atoms with Gasteiger partial charge in [0, 0.05) is 0 Å². The zero-order valence-electron chi connectivity index (χ0n) is 8.30. The highest BCUT2D eigenvalue weighted by molar-refractivity contribution is 6.20. The van der Waals surface area contributed by atoms with Crippen molar-refractivity contribution in [3.05, 3.63) is 60.7 Å². The van der Waals surface area contributed by atoms with Crippen LogP contribution < -0.4 is 8.85 Å². The van der Waals surface area contributed by atoms with Gasteiger partial charge in [0.2, 0.25) is 0 Å². The lowest BCUT2D eigenvalue weighted by atomic mass is 10.3. The molecule has 76 valence electrons. The molecule has 0 fully saturated rings. The third kappa shape index (κ3) is 3.14. The summed E-state index contributed by atoms with van der Waals surface area (Å²) < 4.78 is 11.1. The van der Waals surface area contributed by atoms with Gasteiger partial charge in [-0.25, -0.2) is 0 Å². The fraction of sp³-hybridized carbons (Fsp3) is 0. The highest BCUT2D eigenvalue weighted by Crippen LogP contribution is 2.10. The Morgan fingerprint density at radius 3 is 1.40 bits per heavy atom. The Morgan fingerprint density at radius 1 is 0.600 bits per heavy atom. The van der Waals surface area contributed by atoms with Crippen LogP contribution in [0.3, 0.4) is 0 Å².